The first-order valence-electron chi connectivity index (χ1n) is 6.65. The molecule has 0 aliphatic carbocycles. The zero-order valence-electron chi connectivity index (χ0n) is 11.8. The average molecular weight is 341 g/mol. The van der Waals surface area contributed by atoms with Crippen LogP contribution in [0, 0.1) is 12.7 Å². The van der Waals surface area contributed by atoms with Crippen molar-refractivity contribution in [3.8, 4) is 5.69 Å². The first-order valence-corrected chi connectivity index (χ1v) is 7.45. The molecule has 1 atom stereocenters. The van der Waals surface area contributed by atoms with Crippen LogP contribution < -0.4 is 5.32 Å². The highest BCUT2D eigenvalue weighted by Crippen LogP contribution is 2.24. The molecular formula is C14H18BrFN4. The molecule has 20 heavy (non-hydrogen) atoms. The van der Waals surface area contributed by atoms with Gasteiger partial charge in [0.25, 0.3) is 0 Å². The van der Waals surface area contributed by atoms with Gasteiger partial charge in [-0.2, -0.15) is 0 Å². The van der Waals surface area contributed by atoms with Crippen molar-refractivity contribution in [1.82, 2.24) is 20.3 Å². The number of rotatable bonds is 5. The number of halogens is 2. The molecule has 1 aromatic carbocycles. The van der Waals surface area contributed by atoms with E-state index in [2.05, 4.69) is 45.4 Å². The molecule has 1 heterocycles. The third kappa shape index (κ3) is 3.07. The lowest BCUT2D eigenvalue weighted by Gasteiger charge is -2.12. The number of aromatic nitrogens is 3. The summed E-state index contributed by atoms with van der Waals surface area (Å²) >= 11 is 3.36. The Balaban J connectivity index is 2.33. The van der Waals surface area contributed by atoms with Crippen molar-refractivity contribution in [2.24, 2.45) is 0 Å². The predicted molar refractivity (Wildman–Crippen MR) is 80.5 cm³/mol. The molecule has 0 saturated carbocycles. The Morgan fingerprint density at radius 1 is 1.45 bits per heavy atom. The summed E-state index contributed by atoms with van der Waals surface area (Å²) in [5, 5.41) is 11.8. The highest BCUT2D eigenvalue weighted by molar-refractivity contribution is 9.10. The fourth-order valence-corrected chi connectivity index (χ4v) is 2.60. The molecule has 0 radical (unpaired) electrons. The van der Waals surface area contributed by atoms with Crippen LogP contribution in [0.5, 0.6) is 0 Å². The molecular weight excluding hydrogens is 323 g/mol. The van der Waals surface area contributed by atoms with Gasteiger partial charge in [0.2, 0.25) is 0 Å². The second kappa shape index (κ2) is 6.45. The third-order valence-corrected chi connectivity index (χ3v) is 3.81. The van der Waals surface area contributed by atoms with Gasteiger partial charge in [0.05, 0.1) is 17.4 Å². The zero-order chi connectivity index (χ0) is 14.7. The van der Waals surface area contributed by atoms with Gasteiger partial charge in [-0.05, 0) is 60.9 Å². The van der Waals surface area contributed by atoms with Gasteiger partial charge >= 0.3 is 0 Å². The Hall–Kier alpha value is -1.27. The van der Waals surface area contributed by atoms with Crippen molar-refractivity contribution in [3.63, 3.8) is 0 Å². The standard InChI is InChI=1S/C14H18BrFN4/c1-4-7-17-9(2)14-10(3)20(19-18-14)13-6-5-11(16)8-12(13)15/h5-6,8-9,17H,4,7H2,1-3H3. The van der Waals surface area contributed by atoms with Gasteiger partial charge < -0.3 is 5.32 Å². The smallest absolute Gasteiger partial charge is 0.124 e. The van der Waals surface area contributed by atoms with Crippen molar-refractivity contribution in [1.29, 1.82) is 0 Å². The Bertz CT molecular complexity index is 597. The summed E-state index contributed by atoms with van der Waals surface area (Å²) in [6.07, 6.45) is 1.07. The van der Waals surface area contributed by atoms with Crippen LogP contribution in [0.15, 0.2) is 22.7 Å². The largest absolute Gasteiger partial charge is 0.309 e. The van der Waals surface area contributed by atoms with E-state index in [0.29, 0.717) is 4.47 Å². The highest BCUT2D eigenvalue weighted by Gasteiger charge is 2.17. The van der Waals surface area contributed by atoms with E-state index in [0.717, 1.165) is 30.0 Å². The van der Waals surface area contributed by atoms with E-state index >= 15 is 0 Å². The minimum atomic E-state index is -0.281. The minimum Gasteiger partial charge on any atom is -0.309 e. The summed E-state index contributed by atoms with van der Waals surface area (Å²) in [5.41, 5.74) is 2.65. The molecule has 108 valence electrons. The summed E-state index contributed by atoms with van der Waals surface area (Å²) in [7, 11) is 0. The molecule has 1 unspecified atom stereocenters. The summed E-state index contributed by atoms with van der Waals surface area (Å²) in [4.78, 5) is 0. The molecule has 0 amide bonds. The van der Waals surface area contributed by atoms with Crippen molar-refractivity contribution in [2.45, 2.75) is 33.2 Å². The zero-order valence-corrected chi connectivity index (χ0v) is 13.4. The van der Waals surface area contributed by atoms with Crippen LogP contribution in [0.4, 0.5) is 4.39 Å². The van der Waals surface area contributed by atoms with Gasteiger partial charge in [-0.15, -0.1) is 5.10 Å². The molecule has 0 fully saturated rings. The van der Waals surface area contributed by atoms with Crippen LogP contribution in [0.1, 0.15) is 37.7 Å². The summed E-state index contributed by atoms with van der Waals surface area (Å²) in [6.45, 7) is 7.10. The van der Waals surface area contributed by atoms with E-state index in [9.17, 15) is 4.39 Å². The number of benzene rings is 1. The molecule has 0 aliphatic rings. The topological polar surface area (TPSA) is 42.7 Å². The molecule has 1 aromatic heterocycles. The molecule has 0 saturated heterocycles. The Labute approximate surface area is 126 Å². The lowest BCUT2D eigenvalue weighted by atomic mass is 10.2. The van der Waals surface area contributed by atoms with Gasteiger partial charge in [0, 0.05) is 4.47 Å². The van der Waals surface area contributed by atoms with E-state index in [1.807, 2.05) is 6.92 Å². The maximum atomic E-state index is 13.2. The summed E-state index contributed by atoms with van der Waals surface area (Å²) < 4.78 is 15.5. The van der Waals surface area contributed by atoms with Crippen LogP contribution in [-0.4, -0.2) is 21.5 Å². The van der Waals surface area contributed by atoms with E-state index in [4.69, 9.17) is 0 Å². The minimum absolute atomic E-state index is 0.142. The van der Waals surface area contributed by atoms with Crippen LogP contribution in [0.3, 0.4) is 0 Å². The maximum absolute atomic E-state index is 13.2. The lowest BCUT2D eigenvalue weighted by Crippen LogP contribution is -2.20. The number of nitrogens with one attached hydrogen (secondary N) is 1. The van der Waals surface area contributed by atoms with Gasteiger partial charge in [-0.3, -0.25) is 0 Å². The molecule has 6 heteroatoms. The molecule has 2 rings (SSSR count). The van der Waals surface area contributed by atoms with E-state index in [1.165, 1.54) is 12.1 Å². The fourth-order valence-electron chi connectivity index (χ4n) is 2.08. The Morgan fingerprint density at radius 3 is 2.85 bits per heavy atom. The SMILES string of the molecule is CCCNC(C)c1nnn(-c2ccc(F)cc2Br)c1C. The Kier molecular flexibility index (Phi) is 4.88. The van der Waals surface area contributed by atoms with Crippen molar-refractivity contribution in [2.75, 3.05) is 6.54 Å². The van der Waals surface area contributed by atoms with Crippen molar-refractivity contribution >= 4 is 15.9 Å². The molecule has 2 aromatic rings. The van der Waals surface area contributed by atoms with E-state index in [1.54, 1.807) is 10.7 Å². The van der Waals surface area contributed by atoms with Crippen molar-refractivity contribution < 1.29 is 4.39 Å². The fraction of sp³-hybridized carbons (Fsp3) is 0.429. The quantitative estimate of drug-likeness (QED) is 0.905. The normalized spacial score (nSPS) is 12.7. The second-order valence-electron chi connectivity index (χ2n) is 4.74. The summed E-state index contributed by atoms with van der Waals surface area (Å²) in [5.74, 6) is -0.281. The predicted octanol–water partition coefficient (Wildman–Crippen LogP) is 3.54. The Morgan fingerprint density at radius 2 is 2.20 bits per heavy atom. The first kappa shape index (κ1) is 15.1. The van der Waals surface area contributed by atoms with E-state index < -0.39 is 0 Å². The molecule has 0 bridgehead atoms. The maximum Gasteiger partial charge on any atom is 0.124 e. The van der Waals surface area contributed by atoms with Crippen molar-refractivity contribution in [3.05, 3.63) is 39.9 Å². The first-order chi connectivity index (χ1) is 9.54. The monoisotopic (exact) mass is 340 g/mol. The van der Waals surface area contributed by atoms with Crippen LogP contribution in [0.25, 0.3) is 5.69 Å². The summed E-state index contributed by atoms with van der Waals surface area (Å²) in [6, 6.07) is 4.67. The molecule has 0 spiro atoms. The number of hydrogen-bond acceptors (Lipinski definition) is 3. The van der Waals surface area contributed by atoms with E-state index in [-0.39, 0.29) is 11.9 Å². The average Bonchev–Trinajstić information content (AvgIpc) is 2.78. The number of hydrogen-bond donors (Lipinski definition) is 1. The lowest BCUT2D eigenvalue weighted by molar-refractivity contribution is 0.555. The second-order valence-corrected chi connectivity index (χ2v) is 5.60. The molecule has 0 aliphatic heterocycles. The van der Waals surface area contributed by atoms with Gasteiger partial charge in [-0.1, -0.05) is 12.1 Å². The highest BCUT2D eigenvalue weighted by atomic mass is 79.9. The van der Waals surface area contributed by atoms with Crippen LogP contribution in [0.2, 0.25) is 0 Å². The van der Waals surface area contributed by atoms with Gasteiger partial charge in [0.1, 0.15) is 11.5 Å². The van der Waals surface area contributed by atoms with Gasteiger partial charge in [0.15, 0.2) is 0 Å². The van der Waals surface area contributed by atoms with Crippen LogP contribution >= 0.6 is 15.9 Å². The van der Waals surface area contributed by atoms with Gasteiger partial charge in [-0.25, -0.2) is 9.07 Å². The van der Waals surface area contributed by atoms with Crippen LogP contribution in [-0.2, 0) is 0 Å². The molecule has 4 nitrogen and oxygen atoms in total. The number of nitrogens with zero attached hydrogens (tertiary/aromatic N) is 3. The molecule has 1 N–H and O–H groups in total. The third-order valence-electron chi connectivity index (χ3n) is 3.18.